The largest absolute Gasteiger partial charge is 0.356 e. The van der Waals surface area contributed by atoms with E-state index < -0.39 is 0 Å². The van der Waals surface area contributed by atoms with Crippen LogP contribution in [0, 0.1) is 0 Å². The van der Waals surface area contributed by atoms with Gasteiger partial charge in [0, 0.05) is 34.3 Å². The Hall–Kier alpha value is -2.29. The summed E-state index contributed by atoms with van der Waals surface area (Å²) in [5.74, 6) is 1.61. The Bertz CT molecular complexity index is 1150. The lowest BCUT2D eigenvalue weighted by Crippen LogP contribution is -2.30. The number of thiophene rings is 1. The number of anilines is 1. The minimum absolute atomic E-state index is 0.135. The number of hydrogen-bond acceptors (Lipinski definition) is 7. The third-order valence-corrected chi connectivity index (χ3v) is 7.07. The monoisotopic (exact) mass is 438 g/mol. The number of para-hydroxylation sites is 1. The molecular weight excluding hydrogens is 420 g/mol. The molecule has 3 aromatic rings. The van der Waals surface area contributed by atoms with Crippen LogP contribution < -0.4 is 10.2 Å². The van der Waals surface area contributed by atoms with Crippen LogP contribution >= 0.6 is 35.3 Å². The molecule has 1 N–H and O–H groups in total. The van der Waals surface area contributed by atoms with Crippen molar-refractivity contribution in [3.8, 4) is 11.4 Å². The van der Waals surface area contributed by atoms with Crippen LogP contribution in [-0.4, -0.2) is 33.3 Å². The summed E-state index contributed by atoms with van der Waals surface area (Å²) in [4.78, 5) is 25.7. The normalized spacial score (nSPS) is 18.6. The lowest BCUT2D eigenvalue weighted by molar-refractivity contribution is -0.115. The second-order valence-electron chi connectivity index (χ2n) is 7.03. The van der Waals surface area contributed by atoms with Gasteiger partial charge >= 0.3 is 0 Å². The number of nitrogens with zero attached hydrogens (tertiary/aromatic N) is 3. The summed E-state index contributed by atoms with van der Waals surface area (Å²) < 4.78 is 0.502. The van der Waals surface area contributed by atoms with Gasteiger partial charge in [0.15, 0.2) is 5.82 Å². The van der Waals surface area contributed by atoms with Gasteiger partial charge in [-0.15, -0.1) is 11.3 Å². The first kappa shape index (κ1) is 18.7. The highest BCUT2D eigenvalue weighted by atomic mass is 32.2. The van der Waals surface area contributed by atoms with E-state index in [1.54, 1.807) is 11.3 Å². The molecular formula is C21H18N4OS3. The van der Waals surface area contributed by atoms with Crippen molar-refractivity contribution in [3.63, 3.8) is 0 Å². The van der Waals surface area contributed by atoms with Crippen molar-refractivity contribution >= 4 is 68.3 Å². The zero-order valence-electron chi connectivity index (χ0n) is 15.6. The minimum Gasteiger partial charge on any atom is -0.356 e. The Morgan fingerprint density at radius 3 is 2.76 bits per heavy atom. The van der Waals surface area contributed by atoms with Crippen LogP contribution in [0.15, 0.2) is 40.6 Å². The van der Waals surface area contributed by atoms with E-state index in [0.717, 1.165) is 46.1 Å². The minimum atomic E-state index is -0.135. The average molecular weight is 439 g/mol. The van der Waals surface area contributed by atoms with Gasteiger partial charge in [0.05, 0.1) is 10.4 Å². The summed E-state index contributed by atoms with van der Waals surface area (Å²) in [6.07, 6.45) is 5.56. The van der Waals surface area contributed by atoms with E-state index in [2.05, 4.69) is 16.3 Å². The lowest BCUT2D eigenvalue weighted by Gasteiger charge is -2.28. The van der Waals surface area contributed by atoms with Crippen LogP contribution in [0.3, 0.4) is 0 Å². The molecule has 8 heteroatoms. The molecule has 0 saturated carbocycles. The van der Waals surface area contributed by atoms with Crippen LogP contribution in [0.2, 0.25) is 0 Å². The summed E-state index contributed by atoms with van der Waals surface area (Å²) in [5, 5.41) is 5.80. The van der Waals surface area contributed by atoms with Gasteiger partial charge in [0.2, 0.25) is 0 Å². The zero-order chi connectivity index (χ0) is 19.8. The number of thioether (sulfide) groups is 1. The first-order valence-corrected chi connectivity index (χ1v) is 11.6. The van der Waals surface area contributed by atoms with Gasteiger partial charge in [-0.3, -0.25) is 4.79 Å². The van der Waals surface area contributed by atoms with E-state index in [1.807, 2.05) is 35.7 Å². The number of carbonyl (C=O) groups is 1. The molecule has 5 rings (SSSR count). The zero-order valence-corrected chi connectivity index (χ0v) is 18.0. The SMILES string of the molecule is O=C1NC(=S)SC1=Cc1cc(-c2nc(N3CCCCC3)c3ccccc3n2)cs1. The Labute approximate surface area is 182 Å². The van der Waals surface area contributed by atoms with Crippen molar-refractivity contribution in [3.05, 3.63) is 45.5 Å². The average Bonchev–Trinajstić information content (AvgIpc) is 3.34. The predicted octanol–water partition coefficient (Wildman–Crippen LogP) is 4.84. The maximum absolute atomic E-state index is 11.9. The Balaban J connectivity index is 1.54. The van der Waals surface area contributed by atoms with Crippen molar-refractivity contribution in [1.29, 1.82) is 0 Å². The molecule has 2 aliphatic rings. The van der Waals surface area contributed by atoms with Crippen molar-refractivity contribution < 1.29 is 4.79 Å². The molecule has 5 nitrogen and oxygen atoms in total. The molecule has 0 atom stereocenters. The smallest absolute Gasteiger partial charge is 0.263 e. The van der Waals surface area contributed by atoms with E-state index in [0.29, 0.717) is 9.23 Å². The van der Waals surface area contributed by atoms with E-state index in [4.69, 9.17) is 22.2 Å². The van der Waals surface area contributed by atoms with Gasteiger partial charge in [0.1, 0.15) is 10.1 Å². The summed E-state index contributed by atoms with van der Waals surface area (Å²) in [6.45, 7) is 2.07. The number of nitrogens with one attached hydrogen (secondary N) is 1. The third kappa shape index (κ3) is 3.80. The number of benzene rings is 1. The number of thiocarbonyl (C=S) groups is 1. The standard InChI is InChI=1S/C21H18N4OS3/c26-20-17(29-21(27)24-20)11-14-10-13(12-28-14)18-22-16-7-3-2-6-15(16)19(23-18)25-8-4-1-5-9-25/h2-3,6-7,10-12H,1,4-5,8-9H2,(H,24,26,27). The number of hydrogen-bond donors (Lipinski definition) is 1. The molecule has 4 heterocycles. The molecule has 2 fully saturated rings. The van der Waals surface area contributed by atoms with Crippen LogP contribution in [0.5, 0.6) is 0 Å². The Morgan fingerprint density at radius 2 is 1.97 bits per heavy atom. The molecule has 0 unspecified atom stereocenters. The maximum Gasteiger partial charge on any atom is 0.263 e. The van der Waals surface area contributed by atoms with Crippen LogP contribution in [0.4, 0.5) is 5.82 Å². The number of amides is 1. The van der Waals surface area contributed by atoms with Crippen molar-refractivity contribution in [2.45, 2.75) is 19.3 Å². The fourth-order valence-corrected chi connectivity index (χ4v) is 5.56. The van der Waals surface area contributed by atoms with Gasteiger partial charge in [-0.05, 0) is 43.5 Å². The van der Waals surface area contributed by atoms with Crippen molar-refractivity contribution in [1.82, 2.24) is 15.3 Å². The van der Waals surface area contributed by atoms with Gasteiger partial charge < -0.3 is 10.2 Å². The quantitative estimate of drug-likeness (QED) is 0.467. The molecule has 0 aliphatic carbocycles. The van der Waals surface area contributed by atoms with Crippen molar-refractivity contribution in [2.24, 2.45) is 0 Å². The second kappa shape index (κ2) is 7.85. The molecule has 2 aliphatic heterocycles. The lowest BCUT2D eigenvalue weighted by atomic mass is 10.1. The number of piperidine rings is 1. The molecule has 2 aromatic heterocycles. The molecule has 0 bridgehead atoms. The molecule has 0 radical (unpaired) electrons. The summed E-state index contributed by atoms with van der Waals surface area (Å²) >= 11 is 7.93. The molecule has 1 amide bonds. The van der Waals surface area contributed by atoms with E-state index in [9.17, 15) is 4.79 Å². The van der Waals surface area contributed by atoms with Crippen LogP contribution in [-0.2, 0) is 4.79 Å². The predicted molar refractivity (Wildman–Crippen MR) is 125 cm³/mol. The van der Waals surface area contributed by atoms with Gasteiger partial charge in [-0.1, -0.05) is 36.1 Å². The van der Waals surface area contributed by atoms with Crippen LogP contribution in [0.1, 0.15) is 24.1 Å². The fraction of sp³-hybridized carbons (Fsp3) is 0.238. The molecule has 1 aromatic carbocycles. The maximum atomic E-state index is 11.9. The molecule has 29 heavy (non-hydrogen) atoms. The van der Waals surface area contributed by atoms with E-state index >= 15 is 0 Å². The molecule has 0 spiro atoms. The highest BCUT2D eigenvalue weighted by Crippen LogP contribution is 2.33. The molecule has 2 saturated heterocycles. The van der Waals surface area contributed by atoms with E-state index in [-0.39, 0.29) is 5.91 Å². The van der Waals surface area contributed by atoms with Gasteiger partial charge in [-0.25, -0.2) is 9.97 Å². The first-order chi connectivity index (χ1) is 14.2. The fourth-order valence-electron chi connectivity index (χ4n) is 3.63. The number of carbonyl (C=O) groups excluding carboxylic acids is 1. The summed E-state index contributed by atoms with van der Waals surface area (Å²) in [7, 11) is 0. The highest BCUT2D eigenvalue weighted by Gasteiger charge is 2.22. The van der Waals surface area contributed by atoms with E-state index in [1.165, 1.54) is 31.0 Å². The third-order valence-electron chi connectivity index (χ3n) is 5.03. The van der Waals surface area contributed by atoms with Gasteiger partial charge in [0.25, 0.3) is 5.91 Å². The highest BCUT2D eigenvalue weighted by molar-refractivity contribution is 8.26. The number of fused-ring (bicyclic) bond motifs is 1. The first-order valence-electron chi connectivity index (χ1n) is 9.53. The summed E-state index contributed by atoms with van der Waals surface area (Å²) in [6, 6.07) is 10.2. The summed E-state index contributed by atoms with van der Waals surface area (Å²) in [5.41, 5.74) is 1.93. The second-order valence-corrected chi connectivity index (χ2v) is 9.69. The van der Waals surface area contributed by atoms with Crippen molar-refractivity contribution in [2.75, 3.05) is 18.0 Å². The number of rotatable bonds is 3. The number of aromatic nitrogens is 2. The van der Waals surface area contributed by atoms with Gasteiger partial charge in [-0.2, -0.15) is 0 Å². The topological polar surface area (TPSA) is 58.1 Å². The Kier molecular flexibility index (Phi) is 5.07. The Morgan fingerprint density at radius 1 is 1.14 bits per heavy atom. The van der Waals surface area contributed by atoms with Crippen LogP contribution in [0.25, 0.3) is 28.4 Å². The molecule has 146 valence electrons.